The van der Waals surface area contributed by atoms with Crippen LogP contribution in [0.3, 0.4) is 0 Å². The van der Waals surface area contributed by atoms with Gasteiger partial charge in [-0.15, -0.1) is 0 Å². The normalized spacial score (nSPS) is 20.2. The van der Waals surface area contributed by atoms with Crippen molar-refractivity contribution in [2.75, 3.05) is 19.8 Å². The van der Waals surface area contributed by atoms with Crippen LogP contribution in [0.15, 0.2) is 24.3 Å². The van der Waals surface area contributed by atoms with Crippen LogP contribution in [-0.4, -0.2) is 19.8 Å². The summed E-state index contributed by atoms with van der Waals surface area (Å²) in [4.78, 5) is 0. The van der Waals surface area contributed by atoms with Crippen LogP contribution < -0.4 is 5.32 Å². The van der Waals surface area contributed by atoms with Crippen LogP contribution in [0.2, 0.25) is 5.02 Å². The van der Waals surface area contributed by atoms with Gasteiger partial charge in [-0.25, -0.2) is 0 Å². The molecule has 0 amide bonds. The van der Waals surface area contributed by atoms with E-state index >= 15 is 0 Å². The monoisotopic (exact) mass is 239 g/mol. The van der Waals surface area contributed by atoms with Gasteiger partial charge in [-0.1, -0.05) is 36.7 Å². The van der Waals surface area contributed by atoms with Gasteiger partial charge in [0.1, 0.15) is 0 Å². The van der Waals surface area contributed by atoms with E-state index in [9.17, 15) is 0 Å². The van der Waals surface area contributed by atoms with Gasteiger partial charge >= 0.3 is 0 Å². The molecular formula is C13H18ClNO. The number of halogens is 1. The van der Waals surface area contributed by atoms with Crippen molar-refractivity contribution >= 4 is 11.6 Å². The minimum Gasteiger partial charge on any atom is -0.380 e. The third-order valence-corrected chi connectivity index (χ3v) is 3.45. The lowest BCUT2D eigenvalue weighted by Crippen LogP contribution is -2.47. The fourth-order valence-corrected chi connectivity index (χ4v) is 2.19. The second-order valence-electron chi connectivity index (χ2n) is 4.93. The van der Waals surface area contributed by atoms with E-state index in [1.807, 2.05) is 18.2 Å². The third-order valence-electron chi connectivity index (χ3n) is 3.11. The molecule has 1 atom stereocenters. The van der Waals surface area contributed by atoms with Crippen LogP contribution in [0.5, 0.6) is 0 Å². The van der Waals surface area contributed by atoms with Gasteiger partial charge in [-0.05, 0) is 18.6 Å². The SMILES string of the molecule is CC(NCC1(C)COC1)c1ccccc1Cl. The molecule has 1 aromatic rings. The molecule has 0 aromatic heterocycles. The first-order valence-electron chi connectivity index (χ1n) is 5.66. The summed E-state index contributed by atoms with van der Waals surface area (Å²) >= 11 is 6.15. The lowest BCUT2D eigenvalue weighted by Gasteiger charge is -2.39. The van der Waals surface area contributed by atoms with Crippen molar-refractivity contribution in [3.63, 3.8) is 0 Å². The summed E-state index contributed by atoms with van der Waals surface area (Å²) in [6.45, 7) is 7.07. The predicted molar refractivity (Wildman–Crippen MR) is 66.8 cm³/mol. The van der Waals surface area contributed by atoms with E-state index < -0.39 is 0 Å². The van der Waals surface area contributed by atoms with Crippen molar-refractivity contribution in [2.24, 2.45) is 5.41 Å². The van der Waals surface area contributed by atoms with Crippen LogP contribution >= 0.6 is 11.6 Å². The first-order valence-corrected chi connectivity index (χ1v) is 6.04. The van der Waals surface area contributed by atoms with Crippen LogP contribution in [-0.2, 0) is 4.74 Å². The van der Waals surface area contributed by atoms with E-state index in [0.717, 1.165) is 30.3 Å². The lowest BCUT2D eigenvalue weighted by atomic mass is 9.88. The lowest BCUT2D eigenvalue weighted by molar-refractivity contribution is -0.0999. The second kappa shape index (κ2) is 4.74. The van der Waals surface area contributed by atoms with Gasteiger partial charge in [0.15, 0.2) is 0 Å². The van der Waals surface area contributed by atoms with Crippen molar-refractivity contribution in [1.82, 2.24) is 5.32 Å². The molecule has 0 saturated carbocycles. The fourth-order valence-electron chi connectivity index (χ4n) is 1.89. The molecule has 1 heterocycles. The first kappa shape index (κ1) is 11.9. The van der Waals surface area contributed by atoms with Crippen molar-refractivity contribution < 1.29 is 4.74 Å². The van der Waals surface area contributed by atoms with E-state index in [-0.39, 0.29) is 6.04 Å². The minimum absolute atomic E-state index is 0.283. The maximum Gasteiger partial charge on any atom is 0.0554 e. The Labute approximate surface area is 102 Å². The molecule has 1 fully saturated rings. The van der Waals surface area contributed by atoms with Crippen LogP contribution in [0.25, 0.3) is 0 Å². The zero-order valence-electron chi connectivity index (χ0n) is 9.79. The maximum absolute atomic E-state index is 6.15. The van der Waals surface area contributed by atoms with Gasteiger partial charge < -0.3 is 10.1 Å². The number of nitrogens with one attached hydrogen (secondary N) is 1. The summed E-state index contributed by atoms with van der Waals surface area (Å²) < 4.78 is 5.23. The molecule has 1 aromatic carbocycles. The van der Waals surface area contributed by atoms with Crippen LogP contribution in [0.1, 0.15) is 25.5 Å². The van der Waals surface area contributed by atoms with Gasteiger partial charge in [0, 0.05) is 23.0 Å². The third kappa shape index (κ3) is 2.57. The molecule has 1 aliphatic heterocycles. The van der Waals surface area contributed by atoms with Crippen LogP contribution in [0, 0.1) is 5.41 Å². The summed E-state index contributed by atoms with van der Waals surface area (Å²) in [5, 5.41) is 4.35. The molecule has 3 heteroatoms. The summed E-state index contributed by atoms with van der Waals surface area (Å²) in [6, 6.07) is 8.27. The van der Waals surface area contributed by atoms with E-state index in [1.54, 1.807) is 0 Å². The molecule has 88 valence electrons. The number of benzene rings is 1. The Balaban J connectivity index is 1.93. The van der Waals surface area contributed by atoms with E-state index in [1.165, 1.54) is 0 Å². The molecule has 1 N–H and O–H groups in total. The van der Waals surface area contributed by atoms with Gasteiger partial charge in [0.25, 0.3) is 0 Å². The Hall–Kier alpha value is -0.570. The highest BCUT2D eigenvalue weighted by molar-refractivity contribution is 6.31. The van der Waals surface area contributed by atoms with Crippen molar-refractivity contribution in [3.05, 3.63) is 34.9 Å². The highest BCUT2D eigenvalue weighted by Gasteiger charge is 2.33. The average Bonchev–Trinajstić information content (AvgIpc) is 2.24. The molecule has 1 saturated heterocycles. The smallest absolute Gasteiger partial charge is 0.0554 e. The van der Waals surface area contributed by atoms with E-state index in [2.05, 4.69) is 25.2 Å². The number of ether oxygens (including phenoxy) is 1. The summed E-state index contributed by atoms with van der Waals surface area (Å²) in [6.07, 6.45) is 0. The van der Waals surface area contributed by atoms with Gasteiger partial charge in [0.2, 0.25) is 0 Å². The quantitative estimate of drug-likeness (QED) is 0.872. The summed E-state index contributed by atoms with van der Waals surface area (Å²) in [7, 11) is 0. The molecule has 1 aliphatic rings. The number of rotatable bonds is 4. The Morgan fingerprint density at radius 1 is 1.44 bits per heavy atom. The van der Waals surface area contributed by atoms with Crippen molar-refractivity contribution in [3.8, 4) is 0 Å². The van der Waals surface area contributed by atoms with Gasteiger partial charge in [-0.3, -0.25) is 0 Å². The molecule has 0 bridgehead atoms. The molecule has 2 nitrogen and oxygen atoms in total. The fraction of sp³-hybridized carbons (Fsp3) is 0.538. The van der Waals surface area contributed by atoms with Crippen LogP contribution in [0.4, 0.5) is 0 Å². The molecule has 16 heavy (non-hydrogen) atoms. The highest BCUT2D eigenvalue weighted by Crippen LogP contribution is 2.27. The Morgan fingerprint density at radius 3 is 2.69 bits per heavy atom. The van der Waals surface area contributed by atoms with Gasteiger partial charge in [-0.2, -0.15) is 0 Å². The standard InChI is InChI=1S/C13H18ClNO/c1-10(11-5-3-4-6-12(11)14)15-7-13(2)8-16-9-13/h3-6,10,15H,7-9H2,1-2H3. The Kier molecular flexibility index (Phi) is 3.53. The zero-order chi connectivity index (χ0) is 11.6. The van der Waals surface area contributed by atoms with Gasteiger partial charge in [0.05, 0.1) is 13.2 Å². The largest absolute Gasteiger partial charge is 0.380 e. The first-order chi connectivity index (χ1) is 7.61. The summed E-state index contributed by atoms with van der Waals surface area (Å²) in [5.74, 6) is 0. The average molecular weight is 240 g/mol. The second-order valence-corrected chi connectivity index (χ2v) is 5.33. The topological polar surface area (TPSA) is 21.3 Å². The highest BCUT2D eigenvalue weighted by atomic mass is 35.5. The van der Waals surface area contributed by atoms with Crippen molar-refractivity contribution in [1.29, 1.82) is 0 Å². The van der Waals surface area contributed by atoms with Crippen molar-refractivity contribution in [2.45, 2.75) is 19.9 Å². The molecule has 0 aliphatic carbocycles. The van der Waals surface area contributed by atoms with E-state index in [0.29, 0.717) is 5.41 Å². The zero-order valence-corrected chi connectivity index (χ0v) is 10.6. The number of hydrogen-bond acceptors (Lipinski definition) is 2. The predicted octanol–water partition coefficient (Wildman–Crippen LogP) is 3.03. The summed E-state index contributed by atoms with van der Waals surface area (Å²) in [5.41, 5.74) is 1.46. The van der Waals surface area contributed by atoms with E-state index in [4.69, 9.17) is 16.3 Å². The molecule has 1 unspecified atom stereocenters. The maximum atomic E-state index is 6.15. The molecular weight excluding hydrogens is 222 g/mol. The molecule has 2 rings (SSSR count). The molecule has 0 spiro atoms. The Bertz CT molecular complexity index is 363. The molecule has 0 radical (unpaired) electrons. The Morgan fingerprint density at radius 2 is 2.12 bits per heavy atom. The minimum atomic E-state index is 0.283. The number of hydrogen-bond donors (Lipinski definition) is 1.